The third kappa shape index (κ3) is 5.97. The minimum atomic E-state index is -3.52. The van der Waals surface area contributed by atoms with Crippen molar-refractivity contribution in [3.8, 4) is 6.07 Å². The highest BCUT2D eigenvalue weighted by molar-refractivity contribution is 7.92. The predicted octanol–water partition coefficient (Wildman–Crippen LogP) is 1.48. The molecule has 0 aliphatic carbocycles. The summed E-state index contributed by atoms with van der Waals surface area (Å²) in [5.41, 5.74) is 0.332. The summed E-state index contributed by atoms with van der Waals surface area (Å²) < 4.78 is 35.7. The van der Waals surface area contributed by atoms with E-state index in [1.165, 1.54) is 12.1 Å². The number of nitrogens with one attached hydrogen (secondary N) is 1. The maximum atomic E-state index is 12.6. The van der Waals surface area contributed by atoms with Crippen molar-refractivity contribution in [2.24, 2.45) is 0 Å². The van der Waals surface area contributed by atoms with Crippen LogP contribution in [-0.4, -0.2) is 25.8 Å². The summed E-state index contributed by atoms with van der Waals surface area (Å²) in [5, 5.41) is 10.7. The molecule has 5 nitrogen and oxygen atoms in total. The third-order valence-electron chi connectivity index (χ3n) is 2.22. The fourth-order valence-corrected chi connectivity index (χ4v) is 2.57. The Labute approximate surface area is 111 Å². The SMILES string of the molecule is N#CCCCS(=O)(=O)CC(=O)Nc1ccc(F)cc1. The maximum absolute atomic E-state index is 12.6. The third-order valence-corrected chi connectivity index (χ3v) is 3.84. The van der Waals surface area contributed by atoms with Crippen molar-refractivity contribution in [1.29, 1.82) is 5.26 Å². The molecule has 7 heteroatoms. The van der Waals surface area contributed by atoms with E-state index in [4.69, 9.17) is 5.26 Å². The molecule has 1 rings (SSSR count). The van der Waals surface area contributed by atoms with Gasteiger partial charge in [-0.2, -0.15) is 5.26 Å². The smallest absolute Gasteiger partial charge is 0.239 e. The number of nitriles is 1. The van der Waals surface area contributed by atoms with Gasteiger partial charge in [0, 0.05) is 12.1 Å². The Kier molecular flexibility index (Phi) is 5.45. The minimum absolute atomic E-state index is 0.138. The van der Waals surface area contributed by atoms with Gasteiger partial charge in [0.25, 0.3) is 0 Å². The Hall–Kier alpha value is -1.94. The van der Waals surface area contributed by atoms with Crippen LogP contribution in [0.25, 0.3) is 0 Å². The maximum Gasteiger partial charge on any atom is 0.239 e. The molecular formula is C12H13FN2O3S. The first-order valence-corrected chi connectivity index (χ1v) is 7.38. The zero-order valence-corrected chi connectivity index (χ0v) is 10.9. The van der Waals surface area contributed by atoms with Crippen LogP contribution >= 0.6 is 0 Å². The summed E-state index contributed by atoms with van der Waals surface area (Å²) in [7, 11) is -3.52. The summed E-state index contributed by atoms with van der Waals surface area (Å²) in [6, 6.07) is 6.85. The molecule has 0 heterocycles. The zero-order valence-electron chi connectivity index (χ0n) is 10.1. The van der Waals surface area contributed by atoms with Crippen molar-refractivity contribution < 1.29 is 17.6 Å². The van der Waals surface area contributed by atoms with Crippen LogP contribution in [0.15, 0.2) is 24.3 Å². The first kappa shape index (κ1) is 15.1. The molecule has 1 aromatic carbocycles. The van der Waals surface area contributed by atoms with Crippen LogP contribution < -0.4 is 5.32 Å². The number of anilines is 1. The molecule has 0 aliphatic rings. The molecule has 102 valence electrons. The van der Waals surface area contributed by atoms with Gasteiger partial charge >= 0.3 is 0 Å². The summed E-state index contributed by atoms with van der Waals surface area (Å²) in [6.45, 7) is 0. The fraction of sp³-hybridized carbons (Fsp3) is 0.333. The van der Waals surface area contributed by atoms with E-state index in [0.717, 1.165) is 12.1 Å². The van der Waals surface area contributed by atoms with Gasteiger partial charge in [-0.05, 0) is 30.7 Å². The average Bonchev–Trinajstić information content (AvgIpc) is 2.31. The molecule has 1 amide bonds. The first-order chi connectivity index (χ1) is 8.93. The molecule has 0 aliphatic heterocycles. The standard InChI is InChI=1S/C12H13FN2O3S/c13-10-3-5-11(6-4-10)15-12(16)9-19(17,18)8-2-1-7-14/h3-6H,1-2,8-9H2,(H,15,16). The highest BCUT2D eigenvalue weighted by atomic mass is 32.2. The number of rotatable bonds is 6. The Morgan fingerprint density at radius 2 is 1.95 bits per heavy atom. The van der Waals surface area contributed by atoms with Gasteiger partial charge in [0.2, 0.25) is 5.91 Å². The highest BCUT2D eigenvalue weighted by Crippen LogP contribution is 2.08. The van der Waals surface area contributed by atoms with Crippen molar-refractivity contribution in [2.45, 2.75) is 12.8 Å². The molecule has 0 saturated heterocycles. The number of halogens is 1. The molecule has 0 radical (unpaired) electrons. The Morgan fingerprint density at radius 3 is 2.53 bits per heavy atom. The minimum Gasteiger partial charge on any atom is -0.325 e. The van der Waals surface area contributed by atoms with Gasteiger partial charge in [0.1, 0.15) is 11.6 Å². The van der Waals surface area contributed by atoms with Gasteiger partial charge in [-0.25, -0.2) is 12.8 Å². The zero-order chi connectivity index (χ0) is 14.3. The van der Waals surface area contributed by atoms with E-state index in [0.29, 0.717) is 5.69 Å². The number of nitrogens with zero attached hydrogens (tertiary/aromatic N) is 1. The molecule has 0 saturated carbocycles. The van der Waals surface area contributed by atoms with Gasteiger partial charge in [0.15, 0.2) is 9.84 Å². The summed E-state index contributed by atoms with van der Waals surface area (Å²) >= 11 is 0. The van der Waals surface area contributed by atoms with Gasteiger partial charge in [-0.1, -0.05) is 0 Å². The van der Waals surface area contributed by atoms with E-state index < -0.39 is 27.3 Å². The van der Waals surface area contributed by atoms with Crippen LogP contribution in [0.5, 0.6) is 0 Å². The number of amides is 1. The molecule has 0 aromatic heterocycles. The van der Waals surface area contributed by atoms with E-state index in [1.807, 2.05) is 6.07 Å². The number of sulfone groups is 1. The van der Waals surface area contributed by atoms with Crippen LogP contribution in [0, 0.1) is 17.1 Å². The molecule has 19 heavy (non-hydrogen) atoms. The lowest BCUT2D eigenvalue weighted by Crippen LogP contribution is -2.24. The first-order valence-electron chi connectivity index (χ1n) is 5.56. The second-order valence-corrected chi connectivity index (χ2v) is 6.09. The number of hydrogen-bond donors (Lipinski definition) is 1. The largest absolute Gasteiger partial charge is 0.325 e. The van der Waals surface area contributed by atoms with E-state index in [9.17, 15) is 17.6 Å². The van der Waals surface area contributed by atoms with E-state index >= 15 is 0 Å². The lowest BCUT2D eigenvalue weighted by Gasteiger charge is -2.05. The van der Waals surface area contributed by atoms with Gasteiger partial charge in [0.05, 0.1) is 11.8 Å². The summed E-state index contributed by atoms with van der Waals surface area (Å²) in [5.74, 6) is -1.96. The Balaban J connectivity index is 2.51. The van der Waals surface area contributed by atoms with Crippen LogP contribution in [0.1, 0.15) is 12.8 Å². The van der Waals surface area contributed by atoms with Crippen LogP contribution in [0.2, 0.25) is 0 Å². The van der Waals surface area contributed by atoms with Gasteiger partial charge in [-0.3, -0.25) is 4.79 Å². The number of carbonyl (C=O) groups excluding carboxylic acids is 1. The molecule has 1 N–H and O–H groups in total. The fourth-order valence-electron chi connectivity index (χ4n) is 1.37. The average molecular weight is 284 g/mol. The molecule has 0 spiro atoms. The second kappa shape index (κ2) is 6.85. The van der Waals surface area contributed by atoms with Crippen molar-refractivity contribution in [1.82, 2.24) is 0 Å². The highest BCUT2D eigenvalue weighted by Gasteiger charge is 2.16. The Bertz CT molecular complexity index is 576. The van der Waals surface area contributed by atoms with Crippen molar-refractivity contribution in [2.75, 3.05) is 16.8 Å². The predicted molar refractivity (Wildman–Crippen MR) is 68.5 cm³/mol. The molecule has 1 aromatic rings. The van der Waals surface area contributed by atoms with Gasteiger partial charge < -0.3 is 5.32 Å². The number of benzene rings is 1. The second-order valence-electron chi connectivity index (χ2n) is 3.91. The van der Waals surface area contributed by atoms with Crippen LogP contribution in [0.4, 0.5) is 10.1 Å². The lowest BCUT2D eigenvalue weighted by atomic mass is 10.3. The number of carbonyl (C=O) groups is 1. The van der Waals surface area contributed by atoms with Crippen LogP contribution in [-0.2, 0) is 14.6 Å². The van der Waals surface area contributed by atoms with Gasteiger partial charge in [-0.15, -0.1) is 0 Å². The number of unbranched alkanes of at least 4 members (excludes halogenated alkanes) is 1. The molecule has 0 bridgehead atoms. The monoisotopic (exact) mass is 284 g/mol. The normalized spacial score (nSPS) is 10.7. The summed E-state index contributed by atoms with van der Waals surface area (Å²) in [4.78, 5) is 11.5. The number of hydrogen-bond acceptors (Lipinski definition) is 4. The molecule has 0 atom stereocenters. The topological polar surface area (TPSA) is 87.0 Å². The van der Waals surface area contributed by atoms with E-state index in [2.05, 4.69) is 5.32 Å². The van der Waals surface area contributed by atoms with Crippen molar-refractivity contribution in [3.05, 3.63) is 30.1 Å². The van der Waals surface area contributed by atoms with Crippen LogP contribution in [0.3, 0.4) is 0 Å². The Morgan fingerprint density at radius 1 is 1.32 bits per heavy atom. The molecular weight excluding hydrogens is 271 g/mol. The quantitative estimate of drug-likeness (QED) is 0.802. The van der Waals surface area contributed by atoms with E-state index in [-0.39, 0.29) is 18.6 Å². The summed E-state index contributed by atoms with van der Waals surface area (Å²) in [6.07, 6.45) is 0.349. The molecule has 0 unspecified atom stereocenters. The van der Waals surface area contributed by atoms with Crippen molar-refractivity contribution in [3.63, 3.8) is 0 Å². The molecule has 0 fully saturated rings. The van der Waals surface area contributed by atoms with E-state index in [1.54, 1.807) is 0 Å². The lowest BCUT2D eigenvalue weighted by molar-refractivity contribution is -0.113. The van der Waals surface area contributed by atoms with Crippen molar-refractivity contribution >= 4 is 21.4 Å².